The van der Waals surface area contributed by atoms with Gasteiger partial charge in [0.2, 0.25) is 0 Å². The lowest BCUT2D eigenvalue weighted by Crippen LogP contribution is -2.21. The van der Waals surface area contributed by atoms with Crippen molar-refractivity contribution in [3.63, 3.8) is 0 Å². The van der Waals surface area contributed by atoms with Gasteiger partial charge in [-0.05, 0) is 26.8 Å². The van der Waals surface area contributed by atoms with Crippen LogP contribution in [0.4, 0.5) is 5.69 Å². The quantitative estimate of drug-likeness (QED) is 0.489. The third-order valence-corrected chi connectivity index (χ3v) is 4.97. The number of nitrogens with one attached hydrogen (secondary N) is 2. The summed E-state index contributed by atoms with van der Waals surface area (Å²) in [6.45, 7) is 7.15. The fourth-order valence-corrected chi connectivity index (χ4v) is 3.34. The van der Waals surface area contributed by atoms with Gasteiger partial charge in [-0.1, -0.05) is 0 Å². The van der Waals surface area contributed by atoms with E-state index in [0.29, 0.717) is 17.9 Å². The van der Waals surface area contributed by atoms with E-state index in [0.717, 1.165) is 23.5 Å². The molecular weight excluding hydrogens is 398 g/mol. The first-order valence-electron chi connectivity index (χ1n) is 9.94. The number of aryl methyl sites for hydroxylation is 3. The summed E-state index contributed by atoms with van der Waals surface area (Å²) in [6.07, 6.45) is 6.66. The molecule has 4 rings (SSSR count). The number of anilines is 1. The highest BCUT2D eigenvalue weighted by Gasteiger charge is 2.22. The van der Waals surface area contributed by atoms with E-state index in [-0.39, 0.29) is 17.2 Å². The van der Waals surface area contributed by atoms with Gasteiger partial charge in [0.15, 0.2) is 11.3 Å². The molecular formula is C20H23N9O2. The predicted molar refractivity (Wildman–Crippen MR) is 114 cm³/mol. The Labute approximate surface area is 178 Å². The Morgan fingerprint density at radius 2 is 1.81 bits per heavy atom. The van der Waals surface area contributed by atoms with Gasteiger partial charge in [-0.15, -0.1) is 0 Å². The van der Waals surface area contributed by atoms with Crippen molar-refractivity contribution in [2.24, 2.45) is 0 Å². The summed E-state index contributed by atoms with van der Waals surface area (Å²) in [5.74, 6) is -0.812. The highest BCUT2D eigenvalue weighted by atomic mass is 16.2. The zero-order valence-corrected chi connectivity index (χ0v) is 17.7. The SMILES string of the molecule is CCn1cc(-c2ccnc3c(C(=O)Nc4cn(CC)nc4C(=O)NC)cnn23)c(C)n1. The molecule has 160 valence electrons. The number of nitrogens with zero attached hydrogens (tertiary/aromatic N) is 7. The van der Waals surface area contributed by atoms with Crippen LogP contribution in [-0.4, -0.2) is 53.0 Å². The van der Waals surface area contributed by atoms with Crippen LogP contribution in [0, 0.1) is 6.92 Å². The molecule has 0 aromatic carbocycles. The molecule has 2 amide bonds. The summed E-state index contributed by atoms with van der Waals surface area (Å²) in [7, 11) is 1.51. The van der Waals surface area contributed by atoms with Crippen molar-refractivity contribution in [2.45, 2.75) is 33.9 Å². The van der Waals surface area contributed by atoms with Crippen LogP contribution in [-0.2, 0) is 13.1 Å². The summed E-state index contributed by atoms with van der Waals surface area (Å²) in [4.78, 5) is 29.5. The molecule has 4 aromatic rings. The molecule has 0 atom stereocenters. The second-order valence-electron chi connectivity index (χ2n) is 6.89. The van der Waals surface area contributed by atoms with Crippen molar-refractivity contribution >= 4 is 23.1 Å². The average Bonchev–Trinajstić information content (AvgIpc) is 3.49. The number of fused-ring (bicyclic) bond motifs is 1. The van der Waals surface area contributed by atoms with Gasteiger partial charge in [-0.2, -0.15) is 15.3 Å². The summed E-state index contributed by atoms with van der Waals surface area (Å²) in [6, 6.07) is 1.83. The molecule has 4 aromatic heterocycles. The van der Waals surface area contributed by atoms with Gasteiger partial charge in [0.1, 0.15) is 5.56 Å². The Morgan fingerprint density at radius 3 is 2.48 bits per heavy atom. The first kappa shape index (κ1) is 20.3. The lowest BCUT2D eigenvalue weighted by atomic mass is 10.2. The van der Waals surface area contributed by atoms with Crippen molar-refractivity contribution in [2.75, 3.05) is 12.4 Å². The monoisotopic (exact) mass is 421 g/mol. The minimum Gasteiger partial charge on any atom is -0.354 e. The Bertz CT molecular complexity index is 1280. The smallest absolute Gasteiger partial charge is 0.273 e. The minimum atomic E-state index is -0.429. The first-order chi connectivity index (χ1) is 15.0. The molecule has 0 aliphatic rings. The van der Waals surface area contributed by atoms with Gasteiger partial charge in [0.25, 0.3) is 11.8 Å². The van der Waals surface area contributed by atoms with E-state index in [1.54, 1.807) is 21.6 Å². The average molecular weight is 421 g/mol. The number of carbonyl (C=O) groups is 2. The maximum atomic E-state index is 13.0. The van der Waals surface area contributed by atoms with Crippen molar-refractivity contribution in [1.29, 1.82) is 0 Å². The number of hydrogen-bond donors (Lipinski definition) is 2. The van der Waals surface area contributed by atoms with Crippen LogP contribution >= 0.6 is 0 Å². The van der Waals surface area contributed by atoms with Gasteiger partial charge < -0.3 is 10.6 Å². The predicted octanol–water partition coefficient (Wildman–Crippen LogP) is 1.75. The third-order valence-electron chi connectivity index (χ3n) is 4.97. The molecule has 0 bridgehead atoms. The molecule has 0 spiro atoms. The molecule has 0 saturated carbocycles. The maximum Gasteiger partial charge on any atom is 0.273 e. The van der Waals surface area contributed by atoms with Crippen LogP contribution in [0.1, 0.15) is 40.4 Å². The molecule has 11 nitrogen and oxygen atoms in total. The number of hydrogen-bond acceptors (Lipinski definition) is 6. The van der Waals surface area contributed by atoms with Crippen molar-refractivity contribution in [1.82, 2.24) is 39.5 Å². The van der Waals surface area contributed by atoms with E-state index in [1.807, 2.05) is 37.7 Å². The molecule has 0 unspecified atom stereocenters. The lowest BCUT2D eigenvalue weighted by molar-refractivity contribution is 0.0958. The minimum absolute atomic E-state index is 0.144. The summed E-state index contributed by atoms with van der Waals surface area (Å²) >= 11 is 0. The summed E-state index contributed by atoms with van der Waals surface area (Å²) in [5.41, 5.74) is 3.71. The van der Waals surface area contributed by atoms with E-state index in [4.69, 9.17) is 0 Å². The van der Waals surface area contributed by atoms with Gasteiger partial charge in [0, 0.05) is 44.3 Å². The molecule has 0 radical (unpaired) electrons. The van der Waals surface area contributed by atoms with Crippen LogP contribution in [0.3, 0.4) is 0 Å². The van der Waals surface area contributed by atoms with Crippen LogP contribution < -0.4 is 10.6 Å². The Balaban J connectivity index is 1.72. The fraction of sp³-hybridized carbons (Fsp3) is 0.300. The third kappa shape index (κ3) is 3.54. The Hall–Kier alpha value is -4.02. The number of aromatic nitrogens is 7. The van der Waals surface area contributed by atoms with Crippen LogP contribution in [0.15, 0.2) is 30.9 Å². The Morgan fingerprint density at radius 1 is 1.06 bits per heavy atom. The topological polar surface area (TPSA) is 124 Å². The second-order valence-corrected chi connectivity index (χ2v) is 6.89. The molecule has 11 heteroatoms. The molecule has 4 heterocycles. The standard InChI is InChI=1S/C20H23N9O2/c1-5-27-10-14(12(3)25-27)16-7-8-22-18-13(9-23-29(16)18)19(30)24-15-11-28(6-2)26-17(15)20(31)21-4/h7-11H,5-6H2,1-4H3,(H,21,31)(H,24,30). The summed E-state index contributed by atoms with van der Waals surface area (Å²) in [5, 5.41) is 18.4. The first-order valence-corrected chi connectivity index (χ1v) is 9.94. The zero-order valence-electron chi connectivity index (χ0n) is 17.7. The van der Waals surface area contributed by atoms with Gasteiger partial charge in [-0.25, -0.2) is 9.50 Å². The van der Waals surface area contributed by atoms with E-state index in [1.165, 1.54) is 13.2 Å². The highest BCUT2D eigenvalue weighted by Crippen LogP contribution is 2.24. The zero-order chi connectivity index (χ0) is 22.1. The molecule has 0 saturated heterocycles. The number of amides is 2. The molecule has 0 aliphatic heterocycles. The largest absolute Gasteiger partial charge is 0.354 e. The van der Waals surface area contributed by atoms with Crippen LogP contribution in [0.25, 0.3) is 16.9 Å². The van der Waals surface area contributed by atoms with Crippen LogP contribution in [0.2, 0.25) is 0 Å². The molecule has 0 fully saturated rings. The van der Waals surface area contributed by atoms with E-state index in [9.17, 15) is 9.59 Å². The number of rotatable bonds is 6. The second kappa shape index (κ2) is 8.01. The van der Waals surface area contributed by atoms with Gasteiger partial charge in [0.05, 0.1) is 23.3 Å². The van der Waals surface area contributed by atoms with Crippen molar-refractivity contribution in [3.8, 4) is 11.3 Å². The van der Waals surface area contributed by atoms with Crippen molar-refractivity contribution < 1.29 is 9.59 Å². The van der Waals surface area contributed by atoms with Crippen LogP contribution in [0.5, 0.6) is 0 Å². The van der Waals surface area contributed by atoms with E-state index >= 15 is 0 Å². The van der Waals surface area contributed by atoms with Crippen molar-refractivity contribution in [3.05, 3.63) is 47.8 Å². The lowest BCUT2D eigenvalue weighted by Gasteiger charge is -2.05. The van der Waals surface area contributed by atoms with E-state index < -0.39 is 5.91 Å². The normalized spacial score (nSPS) is 11.1. The van der Waals surface area contributed by atoms with Gasteiger partial charge in [-0.3, -0.25) is 19.0 Å². The van der Waals surface area contributed by atoms with E-state index in [2.05, 4.69) is 30.9 Å². The maximum absolute atomic E-state index is 13.0. The Kier molecular flexibility index (Phi) is 5.24. The fourth-order valence-electron chi connectivity index (χ4n) is 3.34. The molecule has 31 heavy (non-hydrogen) atoms. The van der Waals surface area contributed by atoms with Gasteiger partial charge >= 0.3 is 0 Å². The highest BCUT2D eigenvalue weighted by molar-refractivity contribution is 6.11. The molecule has 2 N–H and O–H groups in total. The summed E-state index contributed by atoms with van der Waals surface area (Å²) < 4.78 is 5.05. The number of carbonyl (C=O) groups excluding carboxylic acids is 2. The molecule has 0 aliphatic carbocycles.